The van der Waals surface area contributed by atoms with Gasteiger partial charge in [0, 0.05) is 12.2 Å². The van der Waals surface area contributed by atoms with E-state index in [1.54, 1.807) is 6.07 Å². The zero-order chi connectivity index (χ0) is 15.2. The molecule has 1 aromatic carbocycles. The highest BCUT2D eigenvalue weighted by Crippen LogP contribution is 2.20. The predicted octanol–water partition coefficient (Wildman–Crippen LogP) is 1.59. The number of benzene rings is 1. The molecule has 0 aliphatic carbocycles. The van der Waals surface area contributed by atoms with Crippen LogP contribution in [-0.4, -0.2) is 39.0 Å². The Morgan fingerprint density at radius 2 is 2.10 bits per heavy atom. The minimum absolute atomic E-state index is 0.0487. The molecule has 0 saturated heterocycles. The van der Waals surface area contributed by atoms with E-state index < -0.39 is 18.7 Å². The minimum Gasteiger partial charge on any atom is -0.496 e. The lowest BCUT2D eigenvalue weighted by molar-refractivity contribution is -0.173. The van der Waals surface area contributed by atoms with Gasteiger partial charge in [-0.3, -0.25) is 4.79 Å². The van der Waals surface area contributed by atoms with E-state index in [-0.39, 0.29) is 18.7 Å². The van der Waals surface area contributed by atoms with E-state index in [9.17, 15) is 18.0 Å². The zero-order valence-corrected chi connectivity index (χ0v) is 10.8. The van der Waals surface area contributed by atoms with Gasteiger partial charge in [-0.15, -0.1) is 0 Å². The van der Waals surface area contributed by atoms with Gasteiger partial charge in [0.1, 0.15) is 12.4 Å². The van der Waals surface area contributed by atoms with E-state index in [1.807, 2.05) is 0 Å². The first-order chi connectivity index (χ1) is 9.33. The van der Waals surface area contributed by atoms with Gasteiger partial charge >= 0.3 is 6.18 Å². The molecule has 1 amide bonds. The SMILES string of the molecule is COc1ccc(N)cc1C(=O)NCCOCC(F)(F)F. The summed E-state index contributed by atoms with van der Waals surface area (Å²) in [4.78, 5) is 11.8. The third-order valence-electron chi connectivity index (χ3n) is 2.27. The quantitative estimate of drug-likeness (QED) is 0.617. The zero-order valence-electron chi connectivity index (χ0n) is 10.8. The Kier molecular flexibility index (Phi) is 5.63. The number of nitrogens with one attached hydrogen (secondary N) is 1. The second-order valence-corrected chi connectivity index (χ2v) is 3.88. The summed E-state index contributed by atoms with van der Waals surface area (Å²) in [5, 5.41) is 2.42. The van der Waals surface area contributed by atoms with Crippen LogP contribution in [0.1, 0.15) is 10.4 Å². The van der Waals surface area contributed by atoms with Gasteiger partial charge in [0.05, 0.1) is 19.3 Å². The molecule has 112 valence electrons. The number of methoxy groups -OCH3 is 1. The maximum Gasteiger partial charge on any atom is 0.411 e. The molecule has 0 spiro atoms. The van der Waals surface area contributed by atoms with Gasteiger partial charge in [-0.2, -0.15) is 13.2 Å². The molecule has 0 aromatic heterocycles. The van der Waals surface area contributed by atoms with Crippen molar-refractivity contribution >= 4 is 11.6 Å². The van der Waals surface area contributed by atoms with Gasteiger partial charge in [-0.05, 0) is 18.2 Å². The molecule has 3 N–H and O–H groups in total. The van der Waals surface area contributed by atoms with Crippen LogP contribution in [0.15, 0.2) is 18.2 Å². The standard InChI is InChI=1S/C12H15F3N2O3/c1-19-10-3-2-8(16)6-9(10)11(18)17-4-5-20-7-12(13,14)15/h2-3,6H,4-5,7,16H2,1H3,(H,17,18). The van der Waals surface area contributed by atoms with Gasteiger partial charge in [-0.1, -0.05) is 0 Å². The van der Waals surface area contributed by atoms with Crippen molar-refractivity contribution in [2.75, 3.05) is 32.6 Å². The number of carbonyl (C=O) groups excluding carboxylic acids is 1. The molecule has 0 saturated carbocycles. The predicted molar refractivity (Wildman–Crippen MR) is 66.6 cm³/mol. The molecule has 0 radical (unpaired) electrons. The van der Waals surface area contributed by atoms with Crippen LogP contribution < -0.4 is 15.8 Å². The number of alkyl halides is 3. The lowest BCUT2D eigenvalue weighted by Gasteiger charge is -2.11. The summed E-state index contributed by atoms with van der Waals surface area (Å²) in [5.74, 6) is -0.169. The second-order valence-electron chi connectivity index (χ2n) is 3.88. The lowest BCUT2D eigenvalue weighted by Crippen LogP contribution is -2.29. The van der Waals surface area contributed by atoms with Crippen LogP contribution in [0.4, 0.5) is 18.9 Å². The first-order valence-electron chi connectivity index (χ1n) is 5.69. The fraction of sp³-hybridized carbons (Fsp3) is 0.417. The Labute approximate surface area is 113 Å². The largest absolute Gasteiger partial charge is 0.496 e. The van der Waals surface area contributed by atoms with Crippen LogP contribution in [0.2, 0.25) is 0 Å². The van der Waals surface area contributed by atoms with Crippen molar-refractivity contribution in [3.05, 3.63) is 23.8 Å². The number of nitrogens with two attached hydrogens (primary N) is 1. The Morgan fingerprint density at radius 3 is 2.70 bits per heavy atom. The number of nitrogen functional groups attached to an aromatic ring is 1. The molecule has 0 unspecified atom stereocenters. The number of ether oxygens (including phenoxy) is 2. The normalized spacial score (nSPS) is 11.2. The summed E-state index contributed by atoms with van der Waals surface area (Å²) in [6.07, 6.45) is -4.37. The van der Waals surface area contributed by atoms with Crippen LogP contribution in [0, 0.1) is 0 Å². The summed E-state index contributed by atoms with van der Waals surface area (Å²) in [6, 6.07) is 4.52. The maximum atomic E-state index is 11.8. The van der Waals surface area contributed by atoms with Gasteiger partial charge in [0.25, 0.3) is 5.91 Å². The van der Waals surface area contributed by atoms with E-state index >= 15 is 0 Å². The number of amides is 1. The molecule has 0 bridgehead atoms. The Bertz CT molecular complexity index is 464. The van der Waals surface area contributed by atoms with Crippen molar-refractivity contribution in [3.8, 4) is 5.75 Å². The molecule has 8 heteroatoms. The number of anilines is 1. The number of hydrogen-bond donors (Lipinski definition) is 2. The van der Waals surface area contributed by atoms with Crippen LogP contribution in [0.25, 0.3) is 0 Å². The van der Waals surface area contributed by atoms with Gasteiger partial charge in [-0.25, -0.2) is 0 Å². The topological polar surface area (TPSA) is 73.6 Å². The van der Waals surface area contributed by atoms with E-state index in [0.717, 1.165) is 0 Å². The average Bonchev–Trinajstić information content (AvgIpc) is 2.36. The van der Waals surface area contributed by atoms with Crippen LogP contribution in [0.3, 0.4) is 0 Å². The van der Waals surface area contributed by atoms with Gasteiger partial charge in [0.15, 0.2) is 0 Å². The molecule has 20 heavy (non-hydrogen) atoms. The van der Waals surface area contributed by atoms with Crippen molar-refractivity contribution in [2.45, 2.75) is 6.18 Å². The average molecular weight is 292 g/mol. The molecule has 0 aliphatic rings. The highest BCUT2D eigenvalue weighted by molar-refractivity contribution is 5.97. The minimum atomic E-state index is -4.37. The smallest absolute Gasteiger partial charge is 0.411 e. The molecule has 5 nitrogen and oxygen atoms in total. The Hall–Kier alpha value is -1.96. The number of carbonyl (C=O) groups is 1. The maximum absolute atomic E-state index is 11.8. The number of hydrogen-bond acceptors (Lipinski definition) is 4. The molecular formula is C12H15F3N2O3. The van der Waals surface area contributed by atoms with Crippen LogP contribution in [0.5, 0.6) is 5.75 Å². The third-order valence-corrected chi connectivity index (χ3v) is 2.27. The fourth-order valence-corrected chi connectivity index (χ4v) is 1.42. The molecule has 0 atom stereocenters. The second kappa shape index (κ2) is 6.99. The summed E-state index contributed by atoms with van der Waals surface area (Å²) < 4.78 is 44.8. The molecule has 0 aliphatic heterocycles. The van der Waals surface area contributed by atoms with E-state index in [0.29, 0.717) is 11.4 Å². The van der Waals surface area contributed by atoms with Gasteiger partial charge in [0.2, 0.25) is 0 Å². The molecule has 1 rings (SSSR count). The van der Waals surface area contributed by atoms with Crippen molar-refractivity contribution in [2.24, 2.45) is 0 Å². The molecule has 1 aromatic rings. The highest BCUT2D eigenvalue weighted by Gasteiger charge is 2.27. The molecule has 0 fully saturated rings. The van der Waals surface area contributed by atoms with Crippen LogP contribution in [-0.2, 0) is 4.74 Å². The summed E-state index contributed by atoms with van der Waals surface area (Å²) in [7, 11) is 1.40. The molecule has 0 heterocycles. The van der Waals surface area contributed by atoms with E-state index in [2.05, 4.69) is 10.1 Å². The fourth-order valence-electron chi connectivity index (χ4n) is 1.42. The first-order valence-corrected chi connectivity index (χ1v) is 5.69. The van der Waals surface area contributed by atoms with Crippen molar-refractivity contribution < 1.29 is 27.4 Å². The summed E-state index contributed by atoms with van der Waals surface area (Å²) >= 11 is 0. The van der Waals surface area contributed by atoms with E-state index in [4.69, 9.17) is 10.5 Å². The highest BCUT2D eigenvalue weighted by atomic mass is 19.4. The molecular weight excluding hydrogens is 277 g/mol. The van der Waals surface area contributed by atoms with Crippen molar-refractivity contribution in [1.82, 2.24) is 5.32 Å². The Morgan fingerprint density at radius 1 is 1.40 bits per heavy atom. The Balaban J connectivity index is 2.45. The van der Waals surface area contributed by atoms with Crippen molar-refractivity contribution in [3.63, 3.8) is 0 Å². The van der Waals surface area contributed by atoms with Gasteiger partial charge < -0.3 is 20.5 Å². The summed E-state index contributed by atoms with van der Waals surface area (Å²) in [5.41, 5.74) is 6.15. The summed E-state index contributed by atoms with van der Waals surface area (Å²) in [6.45, 7) is -1.63. The monoisotopic (exact) mass is 292 g/mol. The van der Waals surface area contributed by atoms with Crippen LogP contribution >= 0.6 is 0 Å². The van der Waals surface area contributed by atoms with E-state index in [1.165, 1.54) is 19.2 Å². The lowest BCUT2D eigenvalue weighted by atomic mass is 10.1. The van der Waals surface area contributed by atoms with Crippen molar-refractivity contribution in [1.29, 1.82) is 0 Å². The number of rotatable bonds is 6. The number of halogens is 3. The third kappa shape index (κ3) is 5.35. The first kappa shape index (κ1) is 16.1.